The SMILES string of the molecule is Cc1cc(COC(=O)N2CCC(=O)N3[C@@H]2CN(Cc2cccc(F)c2)C(=O)[C@@H]3CCN(C)C)cc(C(F)(F)F)c1. The van der Waals surface area contributed by atoms with E-state index in [0.717, 1.165) is 12.1 Å². The molecule has 12 heteroatoms. The van der Waals surface area contributed by atoms with Gasteiger partial charge in [-0.05, 0) is 69.4 Å². The summed E-state index contributed by atoms with van der Waals surface area (Å²) in [5.74, 6) is -1.02. The molecule has 3 amide bonds. The van der Waals surface area contributed by atoms with E-state index in [1.165, 1.54) is 45.9 Å². The minimum atomic E-state index is -4.54. The standard InChI is InChI=1S/C28H32F4N4O4/c1-18-11-20(13-21(12-18)28(30,31)32)17-40-27(39)35-10-8-25(37)36-23(7-9-33(2)3)26(38)34(16-24(35)36)15-19-5-4-6-22(29)14-19/h4-6,11-14,23-24H,7-10,15-17H2,1-3H3/t23-,24+/m0/s1. The van der Waals surface area contributed by atoms with Gasteiger partial charge in [0.05, 0.1) is 12.1 Å². The Morgan fingerprint density at radius 3 is 2.52 bits per heavy atom. The fourth-order valence-corrected chi connectivity index (χ4v) is 5.19. The van der Waals surface area contributed by atoms with Gasteiger partial charge in [0, 0.05) is 19.5 Å². The van der Waals surface area contributed by atoms with E-state index in [2.05, 4.69) is 0 Å². The number of hydrogen-bond donors (Lipinski definition) is 0. The van der Waals surface area contributed by atoms with Crippen molar-refractivity contribution in [2.75, 3.05) is 33.7 Å². The normalized spacial score (nSPS) is 19.8. The molecule has 4 rings (SSSR count). The number of ether oxygens (including phenoxy) is 1. The third-order valence-corrected chi connectivity index (χ3v) is 7.03. The second-order valence-electron chi connectivity index (χ2n) is 10.4. The number of carbonyl (C=O) groups excluding carboxylic acids is 3. The Hall–Kier alpha value is -3.67. The van der Waals surface area contributed by atoms with E-state index in [4.69, 9.17) is 4.74 Å². The van der Waals surface area contributed by atoms with E-state index in [0.29, 0.717) is 24.1 Å². The molecule has 8 nitrogen and oxygen atoms in total. The number of benzene rings is 2. The molecule has 2 aromatic rings. The van der Waals surface area contributed by atoms with Crippen LogP contribution in [0.5, 0.6) is 0 Å². The third-order valence-electron chi connectivity index (χ3n) is 7.03. The van der Waals surface area contributed by atoms with Crippen LogP contribution >= 0.6 is 0 Å². The molecule has 2 heterocycles. The van der Waals surface area contributed by atoms with Crippen molar-refractivity contribution in [3.05, 3.63) is 70.5 Å². The second kappa shape index (κ2) is 11.8. The Bertz CT molecular complexity index is 1270. The van der Waals surface area contributed by atoms with Crippen LogP contribution in [0.1, 0.15) is 35.1 Å². The van der Waals surface area contributed by atoms with Gasteiger partial charge in [0.15, 0.2) is 0 Å². The van der Waals surface area contributed by atoms with Crippen LogP contribution in [-0.4, -0.2) is 83.4 Å². The molecule has 0 radical (unpaired) electrons. The van der Waals surface area contributed by atoms with Gasteiger partial charge in [-0.1, -0.05) is 23.8 Å². The van der Waals surface area contributed by atoms with Crippen LogP contribution in [0.2, 0.25) is 0 Å². The van der Waals surface area contributed by atoms with Gasteiger partial charge in [-0.25, -0.2) is 9.18 Å². The molecule has 2 atom stereocenters. The number of piperazine rings is 1. The highest BCUT2D eigenvalue weighted by Gasteiger charge is 2.49. The van der Waals surface area contributed by atoms with Crippen molar-refractivity contribution < 1.29 is 36.7 Å². The lowest BCUT2D eigenvalue weighted by atomic mass is 10.0. The Balaban J connectivity index is 1.57. The van der Waals surface area contributed by atoms with Gasteiger partial charge in [0.1, 0.15) is 24.6 Å². The molecule has 216 valence electrons. The van der Waals surface area contributed by atoms with Crippen LogP contribution < -0.4 is 0 Å². The molecule has 2 aromatic carbocycles. The summed E-state index contributed by atoms with van der Waals surface area (Å²) in [5.41, 5.74) is 0.277. The summed E-state index contributed by atoms with van der Waals surface area (Å²) in [6.07, 6.45) is -5.89. The molecule has 0 N–H and O–H groups in total. The average Bonchev–Trinajstić information content (AvgIpc) is 2.87. The van der Waals surface area contributed by atoms with Gasteiger partial charge in [0.2, 0.25) is 11.8 Å². The summed E-state index contributed by atoms with van der Waals surface area (Å²) < 4.78 is 59.0. The molecule has 0 aromatic heterocycles. The smallest absolute Gasteiger partial charge is 0.416 e. The van der Waals surface area contributed by atoms with E-state index in [9.17, 15) is 31.9 Å². The highest BCUT2D eigenvalue weighted by Crippen LogP contribution is 2.32. The van der Waals surface area contributed by atoms with E-state index in [-0.39, 0.29) is 43.4 Å². The van der Waals surface area contributed by atoms with Crippen molar-refractivity contribution in [1.82, 2.24) is 19.6 Å². The third kappa shape index (κ3) is 6.72. The molecule has 0 aliphatic carbocycles. The van der Waals surface area contributed by atoms with Crippen molar-refractivity contribution in [3.63, 3.8) is 0 Å². The van der Waals surface area contributed by atoms with Gasteiger partial charge in [-0.2, -0.15) is 13.2 Å². The molecule has 2 fully saturated rings. The highest BCUT2D eigenvalue weighted by molar-refractivity contribution is 5.90. The fourth-order valence-electron chi connectivity index (χ4n) is 5.19. The minimum Gasteiger partial charge on any atom is -0.444 e. The van der Waals surface area contributed by atoms with E-state index < -0.39 is 42.5 Å². The maximum atomic E-state index is 13.8. The molecule has 0 unspecified atom stereocenters. The van der Waals surface area contributed by atoms with Crippen LogP contribution in [0.3, 0.4) is 0 Å². The summed E-state index contributed by atoms with van der Waals surface area (Å²) in [6.45, 7) is 1.73. The predicted octanol–water partition coefficient (Wildman–Crippen LogP) is 4.01. The predicted molar refractivity (Wildman–Crippen MR) is 137 cm³/mol. The van der Waals surface area contributed by atoms with Gasteiger partial charge < -0.3 is 19.4 Å². The number of alkyl halides is 3. The number of halogens is 4. The van der Waals surface area contributed by atoms with Gasteiger partial charge >= 0.3 is 12.3 Å². The van der Waals surface area contributed by atoms with Crippen molar-refractivity contribution in [3.8, 4) is 0 Å². The zero-order valence-electron chi connectivity index (χ0n) is 22.6. The van der Waals surface area contributed by atoms with E-state index >= 15 is 0 Å². The Morgan fingerprint density at radius 1 is 1.10 bits per heavy atom. The number of aryl methyl sites for hydroxylation is 1. The van der Waals surface area contributed by atoms with Crippen molar-refractivity contribution >= 4 is 17.9 Å². The first-order valence-electron chi connectivity index (χ1n) is 12.9. The highest BCUT2D eigenvalue weighted by atomic mass is 19.4. The summed E-state index contributed by atoms with van der Waals surface area (Å²) >= 11 is 0. The number of amides is 3. The lowest BCUT2D eigenvalue weighted by molar-refractivity contribution is -0.169. The van der Waals surface area contributed by atoms with Gasteiger partial charge in [0.25, 0.3) is 0 Å². The number of carbonyl (C=O) groups is 3. The van der Waals surface area contributed by atoms with Crippen LogP contribution in [0.4, 0.5) is 22.4 Å². The Morgan fingerprint density at radius 2 is 1.85 bits per heavy atom. The summed E-state index contributed by atoms with van der Waals surface area (Å²) in [4.78, 5) is 46.0. The summed E-state index contributed by atoms with van der Waals surface area (Å²) in [6, 6.07) is 8.46. The largest absolute Gasteiger partial charge is 0.444 e. The van der Waals surface area contributed by atoms with Crippen LogP contribution in [-0.2, 0) is 33.7 Å². The molecule has 40 heavy (non-hydrogen) atoms. The van der Waals surface area contributed by atoms with Crippen LogP contribution in [0.15, 0.2) is 42.5 Å². The number of fused-ring (bicyclic) bond motifs is 1. The monoisotopic (exact) mass is 564 g/mol. The lowest BCUT2D eigenvalue weighted by Gasteiger charge is -2.52. The van der Waals surface area contributed by atoms with Crippen molar-refractivity contribution in [2.45, 2.75) is 51.3 Å². The minimum absolute atomic E-state index is 0.0165. The van der Waals surface area contributed by atoms with Gasteiger partial charge in [-0.3, -0.25) is 14.5 Å². The molecule has 2 saturated heterocycles. The summed E-state index contributed by atoms with van der Waals surface area (Å²) in [5, 5.41) is 0. The van der Waals surface area contributed by atoms with Crippen LogP contribution in [0, 0.1) is 12.7 Å². The number of hydrogen-bond acceptors (Lipinski definition) is 5. The number of rotatable bonds is 7. The molecular formula is C28H32F4N4O4. The maximum Gasteiger partial charge on any atom is 0.416 e. The molecule has 2 aliphatic rings. The molecule has 0 spiro atoms. The quantitative estimate of drug-likeness (QED) is 0.476. The Kier molecular flexibility index (Phi) is 8.67. The lowest BCUT2D eigenvalue weighted by Crippen LogP contribution is -2.71. The average molecular weight is 565 g/mol. The first-order chi connectivity index (χ1) is 18.8. The van der Waals surface area contributed by atoms with Gasteiger partial charge in [-0.15, -0.1) is 0 Å². The molecule has 0 saturated carbocycles. The van der Waals surface area contributed by atoms with Crippen LogP contribution in [0.25, 0.3) is 0 Å². The zero-order chi connectivity index (χ0) is 29.2. The zero-order valence-corrected chi connectivity index (χ0v) is 22.6. The topological polar surface area (TPSA) is 73.4 Å². The van der Waals surface area contributed by atoms with Crippen molar-refractivity contribution in [2.24, 2.45) is 0 Å². The fraction of sp³-hybridized carbons (Fsp3) is 0.464. The maximum absolute atomic E-state index is 13.8. The van der Waals surface area contributed by atoms with Crippen molar-refractivity contribution in [1.29, 1.82) is 0 Å². The second-order valence-corrected chi connectivity index (χ2v) is 10.4. The molecule has 2 aliphatic heterocycles. The summed E-state index contributed by atoms with van der Waals surface area (Å²) in [7, 11) is 3.68. The molecular weight excluding hydrogens is 532 g/mol. The molecule has 0 bridgehead atoms. The van der Waals surface area contributed by atoms with E-state index in [1.54, 1.807) is 6.07 Å². The Labute approximate surface area is 230 Å². The first-order valence-corrected chi connectivity index (χ1v) is 12.9. The van der Waals surface area contributed by atoms with E-state index in [1.807, 2.05) is 19.0 Å². The number of nitrogens with zero attached hydrogens (tertiary/aromatic N) is 4. The first kappa shape index (κ1) is 29.3.